The molecule has 0 radical (unpaired) electrons. The van der Waals surface area contributed by atoms with Gasteiger partial charge in [-0.1, -0.05) is 26.0 Å². The molecule has 0 spiro atoms. The first-order chi connectivity index (χ1) is 13.7. The van der Waals surface area contributed by atoms with E-state index in [-0.39, 0.29) is 29.7 Å². The first kappa shape index (κ1) is 21.7. The molecule has 1 aliphatic heterocycles. The minimum Gasteiger partial charge on any atom is -0.335 e. The topological polar surface area (TPSA) is 74.8 Å². The number of hydrogen-bond acceptors (Lipinski definition) is 5. The van der Waals surface area contributed by atoms with Crippen LogP contribution in [0.25, 0.3) is 0 Å². The molecule has 0 aliphatic carbocycles. The van der Waals surface area contributed by atoms with Gasteiger partial charge in [0.05, 0.1) is 14.6 Å². The smallest absolute Gasteiger partial charge is 0.264 e. The van der Waals surface area contributed by atoms with E-state index in [9.17, 15) is 18.0 Å². The second-order valence-corrected chi connectivity index (χ2v) is 10.3. The Bertz CT molecular complexity index is 988. The highest BCUT2D eigenvalue weighted by molar-refractivity contribution is 7.89. The van der Waals surface area contributed by atoms with Crippen molar-refractivity contribution in [2.75, 3.05) is 26.2 Å². The van der Waals surface area contributed by atoms with E-state index in [0.717, 1.165) is 12.0 Å². The van der Waals surface area contributed by atoms with Crippen LogP contribution in [0, 0.1) is 0 Å². The van der Waals surface area contributed by atoms with E-state index in [1.54, 1.807) is 29.2 Å². The average Bonchev–Trinajstić information content (AvgIpc) is 3.23. The standard InChI is InChI=1S/C21H26N2O4S2/c1-4-15(2)17-5-7-18(8-6-17)29(26,27)23-13-11-22(12-14-23)21(25)20-10-9-19(28-20)16(3)24/h5-10,15H,4,11-14H2,1-3H3. The number of sulfonamides is 1. The maximum atomic E-state index is 12.9. The molecule has 1 aliphatic rings. The molecular formula is C21H26N2O4S2. The fraction of sp³-hybridized carbons (Fsp3) is 0.429. The van der Waals surface area contributed by atoms with Crippen molar-refractivity contribution >= 4 is 33.1 Å². The summed E-state index contributed by atoms with van der Waals surface area (Å²) in [6, 6.07) is 10.4. The predicted molar refractivity (Wildman–Crippen MR) is 114 cm³/mol. The van der Waals surface area contributed by atoms with E-state index >= 15 is 0 Å². The summed E-state index contributed by atoms with van der Waals surface area (Å²) in [5.41, 5.74) is 1.13. The zero-order chi connectivity index (χ0) is 21.2. The number of piperazine rings is 1. The van der Waals surface area contributed by atoms with Gasteiger partial charge in [0.25, 0.3) is 5.91 Å². The van der Waals surface area contributed by atoms with Crippen molar-refractivity contribution in [2.24, 2.45) is 0 Å². The molecule has 0 bridgehead atoms. The van der Waals surface area contributed by atoms with Crippen LogP contribution in [-0.4, -0.2) is 55.5 Å². The Morgan fingerprint density at radius 1 is 1.00 bits per heavy atom. The van der Waals surface area contributed by atoms with Gasteiger partial charge >= 0.3 is 0 Å². The van der Waals surface area contributed by atoms with Crippen molar-refractivity contribution in [3.05, 3.63) is 51.7 Å². The number of carbonyl (C=O) groups is 2. The molecule has 1 atom stereocenters. The van der Waals surface area contributed by atoms with Crippen molar-refractivity contribution in [3.8, 4) is 0 Å². The predicted octanol–water partition coefficient (Wildman–Crippen LogP) is 3.61. The molecule has 1 saturated heterocycles. The van der Waals surface area contributed by atoms with Gasteiger partial charge in [0.15, 0.2) is 5.78 Å². The quantitative estimate of drug-likeness (QED) is 0.651. The van der Waals surface area contributed by atoms with Crippen LogP contribution in [-0.2, 0) is 10.0 Å². The van der Waals surface area contributed by atoms with Crippen LogP contribution in [0.4, 0.5) is 0 Å². The van der Waals surface area contributed by atoms with Crippen molar-refractivity contribution in [2.45, 2.75) is 38.0 Å². The summed E-state index contributed by atoms with van der Waals surface area (Å²) in [6.07, 6.45) is 1.00. The Hall–Kier alpha value is -2.03. The molecule has 1 aromatic carbocycles. The van der Waals surface area contributed by atoms with Crippen molar-refractivity contribution in [3.63, 3.8) is 0 Å². The van der Waals surface area contributed by atoms with Gasteiger partial charge in [-0.2, -0.15) is 4.31 Å². The molecule has 156 valence electrons. The van der Waals surface area contributed by atoms with Gasteiger partial charge in [-0.05, 0) is 49.1 Å². The SMILES string of the molecule is CCC(C)c1ccc(S(=O)(=O)N2CCN(C(=O)c3ccc(C(C)=O)s3)CC2)cc1. The van der Waals surface area contributed by atoms with Gasteiger partial charge in [-0.15, -0.1) is 11.3 Å². The summed E-state index contributed by atoms with van der Waals surface area (Å²) in [5.74, 6) is 0.170. The molecule has 2 heterocycles. The van der Waals surface area contributed by atoms with E-state index in [2.05, 4.69) is 13.8 Å². The number of rotatable bonds is 6. The summed E-state index contributed by atoms with van der Waals surface area (Å²) in [7, 11) is -3.58. The van der Waals surface area contributed by atoms with Crippen LogP contribution >= 0.6 is 11.3 Å². The summed E-state index contributed by atoms with van der Waals surface area (Å²) in [5, 5.41) is 0. The van der Waals surface area contributed by atoms with Crippen LogP contribution in [0.2, 0.25) is 0 Å². The zero-order valence-electron chi connectivity index (χ0n) is 16.9. The second kappa shape index (κ2) is 8.77. The van der Waals surface area contributed by atoms with Gasteiger partial charge in [0, 0.05) is 26.2 Å². The first-order valence-electron chi connectivity index (χ1n) is 9.74. The lowest BCUT2D eigenvalue weighted by molar-refractivity contribution is 0.0702. The zero-order valence-corrected chi connectivity index (χ0v) is 18.6. The Morgan fingerprint density at radius 2 is 1.59 bits per heavy atom. The summed E-state index contributed by atoms with van der Waals surface area (Å²) in [6.45, 7) is 6.87. The summed E-state index contributed by atoms with van der Waals surface area (Å²) >= 11 is 1.18. The molecule has 6 nitrogen and oxygen atoms in total. The van der Waals surface area contributed by atoms with Crippen LogP contribution < -0.4 is 0 Å². The van der Waals surface area contributed by atoms with E-state index in [1.807, 2.05) is 12.1 Å². The molecule has 0 saturated carbocycles. The third-order valence-corrected chi connectivity index (χ3v) is 8.48. The average molecular weight is 435 g/mol. The molecule has 1 amide bonds. The largest absolute Gasteiger partial charge is 0.335 e. The molecule has 0 N–H and O–H groups in total. The molecule has 29 heavy (non-hydrogen) atoms. The normalized spacial score (nSPS) is 16.6. The maximum absolute atomic E-state index is 12.9. The van der Waals surface area contributed by atoms with E-state index in [1.165, 1.54) is 22.6 Å². The highest BCUT2D eigenvalue weighted by Crippen LogP contribution is 2.24. The molecular weight excluding hydrogens is 408 g/mol. The lowest BCUT2D eigenvalue weighted by Gasteiger charge is -2.33. The fourth-order valence-electron chi connectivity index (χ4n) is 3.28. The number of hydrogen-bond donors (Lipinski definition) is 0. The van der Waals surface area contributed by atoms with E-state index < -0.39 is 10.0 Å². The lowest BCUT2D eigenvalue weighted by atomic mass is 9.99. The van der Waals surface area contributed by atoms with Crippen LogP contribution in [0.3, 0.4) is 0 Å². The number of carbonyl (C=O) groups excluding carboxylic acids is 2. The Labute approximate surface area is 176 Å². The maximum Gasteiger partial charge on any atom is 0.264 e. The number of nitrogens with zero attached hydrogens (tertiary/aromatic N) is 2. The van der Waals surface area contributed by atoms with Gasteiger partial charge in [-0.3, -0.25) is 9.59 Å². The molecule has 1 fully saturated rings. The van der Waals surface area contributed by atoms with E-state index in [4.69, 9.17) is 0 Å². The van der Waals surface area contributed by atoms with Crippen LogP contribution in [0.5, 0.6) is 0 Å². The second-order valence-electron chi connectivity index (χ2n) is 7.29. The first-order valence-corrected chi connectivity index (χ1v) is 12.0. The highest BCUT2D eigenvalue weighted by atomic mass is 32.2. The van der Waals surface area contributed by atoms with Crippen molar-refractivity contribution in [1.82, 2.24) is 9.21 Å². The van der Waals surface area contributed by atoms with Crippen LogP contribution in [0.1, 0.15) is 58.0 Å². The number of benzene rings is 1. The Kier molecular flexibility index (Phi) is 6.55. The molecule has 3 rings (SSSR count). The third kappa shape index (κ3) is 4.60. The number of thiophene rings is 1. The van der Waals surface area contributed by atoms with Crippen molar-refractivity contribution in [1.29, 1.82) is 0 Å². The third-order valence-electron chi connectivity index (χ3n) is 5.39. The summed E-state index contributed by atoms with van der Waals surface area (Å²) in [4.78, 5) is 27.1. The van der Waals surface area contributed by atoms with Gasteiger partial charge < -0.3 is 4.90 Å². The van der Waals surface area contributed by atoms with E-state index in [0.29, 0.717) is 28.8 Å². The fourth-order valence-corrected chi connectivity index (χ4v) is 5.57. The minimum atomic E-state index is -3.58. The monoisotopic (exact) mass is 434 g/mol. The lowest BCUT2D eigenvalue weighted by Crippen LogP contribution is -2.50. The molecule has 1 unspecified atom stereocenters. The van der Waals surface area contributed by atoms with Crippen LogP contribution in [0.15, 0.2) is 41.3 Å². The summed E-state index contributed by atoms with van der Waals surface area (Å²) < 4.78 is 27.3. The molecule has 8 heteroatoms. The van der Waals surface area contributed by atoms with Gasteiger partial charge in [0.2, 0.25) is 10.0 Å². The number of amides is 1. The minimum absolute atomic E-state index is 0.0655. The number of Topliss-reactive ketones (excluding diaryl/α,β-unsaturated/α-hetero) is 1. The Morgan fingerprint density at radius 3 is 2.10 bits per heavy atom. The van der Waals surface area contributed by atoms with Crippen molar-refractivity contribution < 1.29 is 18.0 Å². The molecule has 2 aromatic rings. The highest BCUT2D eigenvalue weighted by Gasteiger charge is 2.31. The number of ketones is 1. The van der Waals surface area contributed by atoms with Gasteiger partial charge in [0.1, 0.15) is 0 Å². The molecule has 1 aromatic heterocycles. The van der Waals surface area contributed by atoms with Gasteiger partial charge in [-0.25, -0.2) is 8.42 Å². The Balaban J connectivity index is 1.66.